The molecule has 1 nitrogen and oxygen atoms in total. The molecule has 0 saturated heterocycles. The number of aryl methyl sites for hydroxylation is 2. The minimum Gasteiger partial charge on any atom is -0.345 e. The summed E-state index contributed by atoms with van der Waals surface area (Å²) in [6.07, 6.45) is 0. The summed E-state index contributed by atoms with van der Waals surface area (Å²) in [7, 11) is 1.99. The first-order chi connectivity index (χ1) is 12.1. The quantitative estimate of drug-likeness (QED) is 0.589. The lowest BCUT2D eigenvalue weighted by Crippen LogP contribution is -2.20. The van der Waals surface area contributed by atoms with Crippen molar-refractivity contribution in [1.29, 1.82) is 0 Å². The fourth-order valence-corrected chi connectivity index (χ4v) is 2.94. The first kappa shape index (κ1) is 19.5. The van der Waals surface area contributed by atoms with E-state index in [1.54, 1.807) is 0 Å². The lowest BCUT2D eigenvalue weighted by molar-refractivity contribution is 0.871. The van der Waals surface area contributed by atoms with Gasteiger partial charge in [0.15, 0.2) is 0 Å². The zero-order valence-electron chi connectivity index (χ0n) is 16.7. The second-order valence-corrected chi connectivity index (χ2v) is 7.11. The van der Waals surface area contributed by atoms with Crippen molar-refractivity contribution in [2.24, 2.45) is 7.05 Å². The lowest BCUT2D eigenvalue weighted by Gasteiger charge is -2.09. The van der Waals surface area contributed by atoms with Crippen LogP contribution in [0, 0.1) is 13.8 Å². The molecule has 26 heavy (non-hydrogen) atoms. The van der Waals surface area contributed by atoms with Crippen molar-refractivity contribution in [3.63, 3.8) is 0 Å². The van der Waals surface area contributed by atoms with Gasteiger partial charge in [0.2, 0.25) is 0 Å². The summed E-state index contributed by atoms with van der Waals surface area (Å²) in [4.78, 5) is 0. The number of allylic oxidation sites excluding steroid dienone is 2. The van der Waals surface area contributed by atoms with E-state index in [0.29, 0.717) is 0 Å². The monoisotopic (exact) mass is 343 g/mol. The highest BCUT2D eigenvalue weighted by molar-refractivity contribution is 5.92. The lowest BCUT2D eigenvalue weighted by atomic mass is 9.94. The van der Waals surface area contributed by atoms with Gasteiger partial charge in [0, 0.05) is 28.5 Å². The van der Waals surface area contributed by atoms with Crippen LogP contribution in [-0.4, -0.2) is 4.57 Å². The van der Waals surface area contributed by atoms with Gasteiger partial charge in [-0.15, -0.1) is 0 Å². The number of hydrogen-bond acceptors (Lipinski definition) is 0. The molecule has 0 unspecified atom stereocenters. The Morgan fingerprint density at radius 1 is 0.731 bits per heavy atom. The first-order valence-electron chi connectivity index (χ1n) is 8.78. The molecule has 0 saturated carbocycles. The fourth-order valence-electron chi connectivity index (χ4n) is 2.94. The van der Waals surface area contributed by atoms with E-state index in [4.69, 9.17) is 0 Å². The number of benzene rings is 2. The number of aromatic nitrogens is 1. The molecular weight excluding hydrogens is 314 g/mol. The van der Waals surface area contributed by atoms with Gasteiger partial charge in [0.05, 0.1) is 0 Å². The molecule has 134 valence electrons. The second-order valence-electron chi connectivity index (χ2n) is 7.11. The van der Waals surface area contributed by atoms with E-state index in [-0.39, 0.29) is 0 Å². The van der Waals surface area contributed by atoms with Gasteiger partial charge in [-0.1, -0.05) is 72.9 Å². The number of rotatable bonds is 2. The van der Waals surface area contributed by atoms with Gasteiger partial charge in [-0.25, -0.2) is 0 Å². The summed E-state index contributed by atoms with van der Waals surface area (Å²) in [5.74, 6) is 0. The highest BCUT2D eigenvalue weighted by Gasteiger charge is 2.10. The van der Waals surface area contributed by atoms with Crippen molar-refractivity contribution in [2.45, 2.75) is 27.7 Å². The van der Waals surface area contributed by atoms with E-state index < -0.39 is 0 Å². The third kappa shape index (κ3) is 3.88. The van der Waals surface area contributed by atoms with E-state index in [1.807, 2.05) is 25.5 Å². The molecule has 0 bridgehead atoms. The Kier molecular flexibility index (Phi) is 5.72. The van der Waals surface area contributed by atoms with Crippen LogP contribution in [-0.2, 0) is 7.05 Å². The summed E-state index contributed by atoms with van der Waals surface area (Å²) in [6.45, 7) is 24.6. The highest BCUT2D eigenvalue weighted by Crippen LogP contribution is 2.26. The third-order valence-electron chi connectivity index (χ3n) is 4.73. The Bertz CT molecular complexity index is 990. The van der Waals surface area contributed by atoms with E-state index in [2.05, 4.69) is 76.6 Å². The van der Waals surface area contributed by atoms with E-state index in [1.165, 1.54) is 11.1 Å². The highest BCUT2D eigenvalue weighted by atomic mass is 14.9. The number of fused-ring (bicyclic) bond motifs is 1. The Hall–Kier alpha value is -2.80. The standard InChI is InChI=1S/C17H19N.C8H10/c1-10(2)14-8-16-12(5)18(7)13(6)17(16)9-15(14)11(3)4;1-7-3-5-8(2)6-4-7/h8-9H,1,3,5-6H2,2,4,7H3;3-6H,1-2H3. The Balaban J connectivity index is 0.000000254. The van der Waals surface area contributed by atoms with Crippen molar-refractivity contribution < 1.29 is 0 Å². The molecule has 3 aromatic rings. The van der Waals surface area contributed by atoms with Gasteiger partial charge in [-0.3, -0.25) is 0 Å². The molecule has 0 fully saturated rings. The molecule has 0 radical (unpaired) electrons. The number of hydrogen-bond donors (Lipinski definition) is 0. The van der Waals surface area contributed by atoms with Crippen LogP contribution in [0.1, 0.15) is 36.1 Å². The summed E-state index contributed by atoms with van der Waals surface area (Å²) < 4.78 is 2.02. The molecule has 2 aromatic carbocycles. The van der Waals surface area contributed by atoms with Crippen molar-refractivity contribution >= 4 is 35.1 Å². The molecule has 0 aliphatic rings. The Morgan fingerprint density at radius 3 is 1.31 bits per heavy atom. The van der Waals surface area contributed by atoms with Crippen molar-refractivity contribution in [3.8, 4) is 0 Å². The zero-order valence-corrected chi connectivity index (χ0v) is 16.7. The normalized spacial score (nSPS) is 10.3. The predicted octanol–water partition coefficient (Wildman–Crippen LogP) is 5.37. The molecule has 1 heterocycles. The topological polar surface area (TPSA) is 4.93 Å². The maximum absolute atomic E-state index is 4.11. The van der Waals surface area contributed by atoms with Gasteiger partial charge in [-0.2, -0.15) is 0 Å². The molecule has 0 N–H and O–H groups in total. The zero-order chi connectivity index (χ0) is 19.6. The van der Waals surface area contributed by atoms with Crippen LogP contribution < -0.4 is 10.7 Å². The van der Waals surface area contributed by atoms with E-state index in [0.717, 1.165) is 43.7 Å². The van der Waals surface area contributed by atoms with Gasteiger partial charge in [0.1, 0.15) is 0 Å². The minimum absolute atomic E-state index is 0.991. The number of nitrogens with zero attached hydrogens (tertiary/aromatic N) is 1. The van der Waals surface area contributed by atoms with Crippen LogP contribution in [0.4, 0.5) is 0 Å². The molecule has 0 amide bonds. The predicted molar refractivity (Wildman–Crippen MR) is 119 cm³/mol. The minimum atomic E-state index is 0.991. The van der Waals surface area contributed by atoms with Crippen LogP contribution >= 0.6 is 0 Å². The summed E-state index contributed by atoms with van der Waals surface area (Å²) in [5, 5.41) is 4.27. The van der Waals surface area contributed by atoms with Gasteiger partial charge in [-0.05, 0) is 51.0 Å². The fraction of sp³-hybridized carbons (Fsp3) is 0.200. The summed E-state index contributed by atoms with van der Waals surface area (Å²) >= 11 is 0. The van der Waals surface area contributed by atoms with Crippen LogP contribution in [0.2, 0.25) is 0 Å². The van der Waals surface area contributed by atoms with Crippen LogP contribution in [0.25, 0.3) is 35.1 Å². The molecule has 1 heteroatoms. The Morgan fingerprint density at radius 2 is 1.04 bits per heavy atom. The Labute approximate surface area is 157 Å². The van der Waals surface area contributed by atoms with Crippen molar-refractivity contribution in [3.05, 3.63) is 82.5 Å². The molecule has 0 aliphatic carbocycles. The SMILES string of the molecule is C=C(C)c1cc2c(=C)n(C)c(=C)c2cc1C(=C)C.Cc1ccc(C)cc1. The van der Waals surface area contributed by atoms with Crippen LogP contribution in [0.5, 0.6) is 0 Å². The molecule has 1 aromatic heterocycles. The van der Waals surface area contributed by atoms with Crippen LogP contribution in [0.3, 0.4) is 0 Å². The van der Waals surface area contributed by atoms with Crippen molar-refractivity contribution in [2.75, 3.05) is 0 Å². The third-order valence-corrected chi connectivity index (χ3v) is 4.73. The summed E-state index contributed by atoms with van der Waals surface area (Å²) in [5.41, 5.74) is 7.04. The summed E-state index contributed by atoms with van der Waals surface area (Å²) in [6, 6.07) is 12.8. The molecule has 0 spiro atoms. The average Bonchev–Trinajstić information content (AvgIpc) is 2.81. The van der Waals surface area contributed by atoms with Gasteiger partial charge >= 0.3 is 0 Å². The second kappa shape index (κ2) is 7.61. The van der Waals surface area contributed by atoms with Gasteiger partial charge in [0.25, 0.3) is 0 Å². The largest absolute Gasteiger partial charge is 0.345 e. The van der Waals surface area contributed by atoms with Gasteiger partial charge < -0.3 is 4.57 Å². The molecular formula is C25H29N. The van der Waals surface area contributed by atoms with E-state index in [9.17, 15) is 0 Å². The van der Waals surface area contributed by atoms with E-state index >= 15 is 0 Å². The maximum Gasteiger partial charge on any atom is 0.0415 e. The first-order valence-corrected chi connectivity index (χ1v) is 8.78. The van der Waals surface area contributed by atoms with Crippen molar-refractivity contribution in [1.82, 2.24) is 4.57 Å². The smallest absolute Gasteiger partial charge is 0.0415 e. The molecule has 0 aliphatic heterocycles. The average molecular weight is 344 g/mol. The molecule has 0 atom stereocenters. The van der Waals surface area contributed by atoms with Crippen LogP contribution in [0.15, 0.2) is 49.6 Å². The maximum atomic E-state index is 4.11. The molecule has 3 rings (SSSR count).